The summed E-state index contributed by atoms with van der Waals surface area (Å²) in [4.78, 5) is 4.21. The van der Waals surface area contributed by atoms with E-state index in [9.17, 15) is 8.78 Å². The van der Waals surface area contributed by atoms with Crippen LogP contribution >= 0.6 is 0 Å². The van der Waals surface area contributed by atoms with Crippen LogP contribution in [-0.4, -0.2) is 19.0 Å². The molecule has 3 rings (SSSR count). The highest BCUT2D eigenvalue weighted by atomic mass is 19.1. The number of benzene rings is 2. The van der Waals surface area contributed by atoms with Crippen molar-refractivity contribution in [3.8, 4) is 0 Å². The fourth-order valence-electron chi connectivity index (χ4n) is 2.91. The van der Waals surface area contributed by atoms with E-state index in [0.717, 1.165) is 5.56 Å². The molecule has 0 saturated heterocycles. The van der Waals surface area contributed by atoms with Crippen molar-refractivity contribution in [1.29, 1.82) is 0 Å². The molecule has 3 nitrogen and oxygen atoms in total. The molecule has 0 aromatic heterocycles. The number of aliphatic imine (C=N–C) groups is 1. The van der Waals surface area contributed by atoms with Gasteiger partial charge in [0.2, 0.25) is 0 Å². The molecule has 1 fully saturated rings. The predicted octanol–water partition coefficient (Wildman–Crippen LogP) is 3.75. The minimum atomic E-state index is -0.482. The van der Waals surface area contributed by atoms with Crippen LogP contribution in [0.15, 0.2) is 53.5 Å². The fraction of sp³-hybridized carbons (Fsp3) is 0.316. The molecule has 126 valence electrons. The van der Waals surface area contributed by atoms with Crippen LogP contribution in [-0.2, 0) is 0 Å². The summed E-state index contributed by atoms with van der Waals surface area (Å²) >= 11 is 0. The number of hydrogen-bond acceptors (Lipinski definition) is 1. The quantitative estimate of drug-likeness (QED) is 0.662. The van der Waals surface area contributed by atoms with Crippen molar-refractivity contribution >= 4 is 5.96 Å². The first kappa shape index (κ1) is 16.4. The molecule has 1 aliphatic rings. The zero-order valence-corrected chi connectivity index (χ0v) is 13.8. The highest BCUT2D eigenvalue weighted by molar-refractivity contribution is 5.81. The molecular formula is C19H21F2N3. The molecule has 0 spiro atoms. The van der Waals surface area contributed by atoms with Gasteiger partial charge in [-0.1, -0.05) is 36.4 Å². The van der Waals surface area contributed by atoms with Crippen LogP contribution in [0.4, 0.5) is 8.78 Å². The van der Waals surface area contributed by atoms with E-state index in [0.29, 0.717) is 12.4 Å². The highest BCUT2D eigenvalue weighted by Gasteiger charge is 2.42. The number of guanidine groups is 1. The van der Waals surface area contributed by atoms with E-state index in [2.05, 4.69) is 15.6 Å². The molecule has 1 saturated carbocycles. The van der Waals surface area contributed by atoms with Gasteiger partial charge < -0.3 is 10.6 Å². The molecule has 2 N–H and O–H groups in total. The third kappa shape index (κ3) is 3.55. The smallest absolute Gasteiger partial charge is 0.191 e. The molecule has 2 aromatic rings. The molecule has 0 radical (unpaired) electrons. The number of halogens is 2. The molecule has 5 heteroatoms. The van der Waals surface area contributed by atoms with Gasteiger partial charge in [0.1, 0.15) is 11.6 Å². The Morgan fingerprint density at radius 2 is 1.75 bits per heavy atom. The molecule has 24 heavy (non-hydrogen) atoms. The summed E-state index contributed by atoms with van der Waals surface area (Å²) in [6.45, 7) is 2.04. The van der Waals surface area contributed by atoms with E-state index in [1.807, 2.05) is 37.3 Å². The lowest BCUT2D eigenvalue weighted by Gasteiger charge is -2.18. The van der Waals surface area contributed by atoms with E-state index in [1.54, 1.807) is 7.05 Å². The summed E-state index contributed by atoms with van der Waals surface area (Å²) in [5, 5.41) is 6.56. The molecule has 2 aromatic carbocycles. The molecule has 0 amide bonds. The molecule has 0 aliphatic heterocycles. The number of rotatable bonds is 4. The Hall–Kier alpha value is -2.43. The predicted molar refractivity (Wildman–Crippen MR) is 92.0 cm³/mol. The van der Waals surface area contributed by atoms with Crippen molar-refractivity contribution in [2.24, 2.45) is 4.99 Å². The van der Waals surface area contributed by atoms with Gasteiger partial charge >= 0.3 is 0 Å². The van der Waals surface area contributed by atoms with E-state index < -0.39 is 11.6 Å². The lowest BCUT2D eigenvalue weighted by atomic mass is 10.1. The summed E-state index contributed by atoms with van der Waals surface area (Å²) in [5.41, 5.74) is 1.31. The first-order valence-electron chi connectivity index (χ1n) is 8.09. The van der Waals surface area contributed by atoms with Gasteiger partial charge in [0, 0.05) is 24.6 Å². The van der Waals surface area contributed by atoms with Crippen LogP contribution in [0.2, 0.25) is 0 Å². The average Bonchev–Trinajstić information content (AvgIpc) is 3.33. The van der Waals surface area contributed by atoms with Crippen molar-refractivity contribution in [3.63, 3.8) is 0 Å². The van der Waals surface area contributed by atoms with E-state index in [4.69, 9.17) is 0 Å². The lowest BCUT2D eigenvalue weighted by molar-refractivity contribution is 0.553. The SMILES string of the molecule is CN=C(NC(C)c1ccccc1)NC1CC1c1c(F)cccc1F. The Balaban J connectivity index is 1.62. The van der Waals surface area contributed by atoms with Gasteiger partial charge in [-0.25, -0.2) is 8.78 Å². The Labute approximate surface area is 140 Å². The largest absolute Gasteiger partial charge is 0.353 e. The number of nitrogens with zero attached hydrogens (tertiary/aromatic N) is 1. The van der Waals surface area contributed by atoms with Crippen molar-refractivity contribution in [2.75, 3.05) is 7.05 Å². The molecule has 0 heterocycles. The van der Waals surface area contributed by atoms with Gasteiger partial charge in [-0.3, -0.25) is 4.99 Å². The summed E-state index contributed by atoms with van der Waals surface area (Å²) < 4.78 is 27.7. The van der Waals surface area contributed by atoms with Crippen LogP contribution in [0.1, 0.15) is 36.4 Å². The fourth-order valence-corrected chi connectivity index (χ4v) is 2.91. The van der Waals surface area contributed by atoms with E-state index in [-0.39, 0.29) is 23.6 Å². The maximum absolute atomic E-state index is 13.9. The van der Waals surface area contributed by atoms with Crippen LogP contribution < -0.4 is 10.6 Å². The third-order valence-electron chi connectivity index (χ3n) is 4.36. The molecular weight excluding hydrogens is 308 g/mol. The van der Waals surface area contributed by atoms with E-state index in [1.165, 1.54) is 18.2 Å². The first-order valence-corrected chi connectivity index (χ1v) is 8.09. The molecule has 1 aliphatic carbocycles. The monoisotopic (exact) mass is 329 g/mol. The zero-order chi connectivity index (χ0) is 17.1. The van der Waals surface area contributed by atoms with Gasteiger partial charge in [0.05, 0.1) is 6.04 Å². The summed E-state index contributed by atoms with van der Waals surface area (Å²) in [6.07, 6.45) is 0.693. The average molecular weight is 329 g/mol. The summed E-state index contributed by atoms with van der Waals surface area (Å²) in [6, 6.07) is 14.1. The molecule has 3 unspecified atom stereocenters. The number of hydrogen-bond donors (Lipinski definition) is 2. The van der Waals surface area contributed by atoms with Crippen LogP contribution in [0.5, 0.6) is 0 Å². The zero-order valence-electron chi connectivity index (χ0n) is 13.8. The minimum Gasteiger partial charge on any atom is -0.353 e. The Morgan fingerprint density at radius 1 is 1.08 bits per heavy atom. The van der Waals surface area contributed by atoms with Crippen molar-refractivity contribution in [1.82, 2.24) is 10.6 Å². The topological polar surface area (TPSA) is 36.4 Å². The molecule has 0 bridgehead atoms. The first-order chi connectivity index (χ1) is 11.6. The second-order valence-electron chi connectivity index (χ2n) is 6.08. The Morgan fingerprint density at radius 3 is 2.38 bits per heavy atom. The van der Waals surface area contributed by atoms with Crippen molar-refractivity contribution in [2.45, 2.75) is 31.3 Å². The lowest BCUT2D eigenvalue weighted by Crippen LogP contribution is -2.40. The van der Waals surface area contributed by atoms with Gasteiger partial charge in [-0.15, -0.1) is 0 Å². The van der Waals surface area contributed by atoms with E-state index >= 15 is 0 Å². The standard InChI is InChI=1S/C19H21F2N3/c1-12(13-7-4-3-5-8-13)23-19(22-2)24-17-11-14(17)18-15(20)9-6-10-16(18)21/h3-10,12,14,17H,11H2,1-2H3,(H2,22,23,24). The normalized spacial score (nSPS) is 21.2. The maximum Gasteiger partial charge on any atom is 0.191 e. The van der Waals surface area contributed by atoms with Gasteiger partial charge in [-0.05, 0) is 31.0 Å². The maximum atomic E-state index is 13.9. The van der Waals surface area contributed by atoms with Crippen LogP contribution in [0.25, 0.3) is 0 Å². The highest BCUT2D eigenvalue weighted by Crippen LogP contribution is 2.43. The Kier molecular flexibility index (Phi) is 4.79. The third-order valence-corrected chi connectivity index (χ3v) is 4.36. The second kappa shape index (κ2) is 6.99. The van der Waals surface area contributed by atoms with Gasteiger partial charge in [-0.2, -0.15) is 0 Å². The summed E-state index contributed by atoms with van der Waals surface area (Å²) in [7, 11) is 1.69. The van der Waals surface area contributed by atoms with Crippen LogP contribution in [0, 0.1) is 11.6 Å². The van der Waals surface area contributed by atoms with Crippen LogP contribution in [0.3, 0.4) is 0 Å². The second-order valence-corrected chi connectivity index (χ2v) is 6.08. The van der Waals surface area contributed by atoms with Crippen molar-refractivity contribution in [3.05, 3.63) is 71.3 Å². The minimum absolute atomic E-state index is 0.00873. The van der Waals surface area contributed by atoms with Crippen molar-refractivity contribution < 1.29 is 8.78 Å². The Bertz CT molecular complexity index is 710. The summed E-state index contributed by atoms with van der Waals surface area (Å²) in [5.74, 6) is -0.484. The number of nitrogens with one attached hydrogen (secondary N) is 2. The van der Waals surface area contributed by atoms with Gasteiger partial charge in [0.25, 0.3) is 0 Å². The van der Waals surface area contributed by atoms with Gasteiger partial charge in [0.15, 0.2) is 5.96 Å². The molecule has 3 atom stereocenters.